The lowest BCUT2D eigenvalue weighted by atomic mass is 9.33. The minimum Gasteiger partial charge on any atom is -0.311 e. The van der Waals surface area contributed by atoms with E-state index < -0.39 is 0 Å². The molecule has 0 bridgehead atoms. The molecule has 20 rings (SSSR count). The van der Waals surface area contributed by atoms with E-state index in [1.54, 1.807) is 0 Å². The summed E-state index contributed by atoms with van der Waals surface area (Å²) in [5, 5.41) is 0.624. The van der Waals surface area contributed by atoms with E-state index in [9.17, 15) is 0 Å². The number of rotatable bonds is 18. The van der Waals surface area contributed by atoms with Gasteiger partial charge in [0, 0.05) is 91.0 Å². The van der Waals surface area contributed by atoms with Gasteiger partial charge in [0.25, 0.3) is 6.71 Å². The third kappa shape index (κ3) is 14.8. The fourth-order valence-electron chi connectivity index (χ4n) is 16.6. The smallest absolute Gasteiger partial charge is 0.252 e. The van der Waals surface area contributed by atoms with Gasteiger partial charge in [-0.2, -0.15) is 0 Å². The maximum absolute atomic E-state index is 7.75. The second kappa shape index (κ2) is 33.4. The summed E-state index contributed by atoms with van der Waals surface area (Å²) in [7, 11) is 0. The fraction of sp³-hybridized carbons (Fsp3) is 0.00917. The SMILES string of the molecule is C.Clc1c(N(c2ccc(-c3ccccc3)cc2)c2ccc(-c3ccccc3)cc2)cccc1N(c1ccccc1)c1cccc(N(c2ccccc2)c2ccccc2)c1.c1ccc(-c2ccc(N3c4ccc(-c5ccccc5)cc4B4c5ccc(N(c6ccccc6)c6ccccc6)cc5N(c5ccccc5)c5cccc3c54)cc2)cc1. The van der Waals surface area contributed by atoms with E-state index in [-0.39, 0.29) is 14.1 Å². The molecule has 0 fully saturated rings. The van der Waals surface area contributed by atoms with E-state index in [0.717, 1.165) is 90.8 Å². The van der Waals surface area contributed by atoms with Crippen molar-refractivity contribution in [1.29, 1.82) is 0 Å². The van der Waals surface area contributed by atoms with Crippen molar-refractivity contribution in [3.05, 3.63) is 478 Å². The summed E-state index contributed by atoms with van der Waals surface area (Å²) < 4.78 is 0. The van der Waals surface area contributed by atoms with Crippen LogP contribution in [0.3, 0.4) is 0 Å². The fourth-order valence-corrected chi connectivity index (χ4v) is 16.9. The zero-order chi connectivity index (χ0) is 77.5. The Bertz CT molecular complexity index is 6220. The van der Waals surface area contributed by atoms with Crippen molar-refractivity contribution in [1.82, 2.24) is 0 Å². The zero-order valence-corrected chi connectivity index (χ0v) is 64.4. The van der Waals surface area contributed by atoms with Gasteiger partial charge in [-0.05, 0) is 231 Å². The monoisotopic (exact) mass is 1520 g/mol. The van der Waals surface area contributed by atoms with Crippen molar-refractivity contribution in [3.8, 4) is 44.5 Å². The van der Waals surface area contributed by atoms with Gasteiger partial charge in [-0.1, -0.05) is 322 Å². The van der Waals surface area contributed by atoms with Crippen LogP contribution in [0.15, 0.2) is 473 Å². The third-order valence-corrected chi connectivity index (χ3v) is 22.3. The first-order valence-corrected chi connectivity index (χ1v) is 39.8. The standard InChI is InChI=1S/C54H38BN3.C54H40ClN3.CH4/c1-6-17-39(18-7-1)41-29-32-46(33-30-41)57-50-36-31-42(40-19-8-2-9-20-40)37-49(50)55-48-35-34-47(56(43-21-10-3-11-22-43)44-23-12-4-13-24-44)38-53(48)58(45-25-14-5-15-26-45)52-28-16-27-51(57)54(52)55;55-54-52(57(48-36-32-43(33-37-48)41-18-6-1-7-19-41)49-38-34-44(35-39-49)42-20-8-2-9-21-42)30-17-31-53(54)58(47-26-14-5-15-27-47)51-29-16-28-50(40-51)56(45-22-10-3-11-23-45)46-24-12-4-13-25-46;/h1-38H;1-40H;1H4. The summed E-state index contributed by atoms with van der Waals surface area (Å²) >= 11 is 7.75. The molecular formula is C109H82BClN6. The second-order valence-corrected chi connectivity index (χ2v) is 29.3. The molecule has 0 amide bonds. The predicted molar refractivity (Wildman–Crippen MR) is 499 cm³/mol. The Labute approximate surface area is 691 Å². The normalized spacial score (nSPS) is 11.5. The lowest BCUT2D eigenvalue weighted by Crippen LogP contribution is -2.61. The molecule has 18 aromatic carbocycles. The van der Waals surface area contributed by atoms with Gasteiger partial charge < -0.3 is 29.4 Å². The van der Waals surface area contributed by atoms with Crippen molar-refractivity contribution in [2.45, 2.75) is 7.43 Å². The molecule has 0 unspecified atom stereocenters. The maximum atomic E-state index is 7.75. The minimum absolute atomic E-state index is 0. The molecule has 2 aliphatic rings. The Morgan fingerprint density at radius 1 is 0.188 bits per heavy atom. The van der Waals surface area contributed by atoms with Crippen LogP contribution in [0.5, 0.6) is 0 Å². The largest absolute Gasteiger partial charge is 0.311 e. The molecule has 0 N–H and O–H groups in total. The molecule has 6 nitrogen and oxygen atoms in total. The van der Waals surface area contributed by atoms with Crippen molar-refractivity contribution < 1.29 is 0 Å². The molecule has 0 saturated carbocycles. The Kier molecular flexibility index (Phi) is 21.0. The summed E-state index contributed by atoms with van der Waals surface area (Å²) in [5.41, 5.74) is 32.6. The highest BCUT2D eigenvalue weighted by Crippen LogP contribution is 2.51. The molecule has 18 aromatic rings. The summed E-state index contributed by atoms with van der Waals surface area (Å²) in [6.07, 6.45) is 0. The maximum Gasteiger partial charge on any atom is 0.252 e. The highest BCUT2D eigenvalue weighted by Gasteiger charge is 2.44. The Morgan fingerprint density at radius 3 is 0.897 bits per heavy atom. The topological polar surface area (TPSA) is 19.4 Å². The third-order valence-electron chi connectivity index (χ3n) is 21.9. The minimum atomic E-state index is -0.00406. The van der Waals surface area contributed by atoms with Gasteiger partial charge in [0.05, 0.1) is 16.4 Å². The van der Waals surface area contributed by atoms with Crippen LogP contribution in [0.1, 0.15) is 7.43 Å². The number of halogens is 1. The molecule has 117 heavy (non-hydrogen) atoms. The lowest BCUT2D eigenvalue weighted by molar-refractivity contribution is 1.24. The van der Waals surface area contributed by atoms with Crippen LogP contribution in [-0.2, 0) is 0 Å². The van der Waals surface area contributed by atoms with Gasteiger partial charge in [0.2, 0.25) is 0 Å². The van der Waals surface area contributed by atoms with Crippen LogP contribution >= 0.6 is 11.6 Å². The highest BCUT2D eigenvalue weighted by atomic mass is 35.5. The Hall–Kier alpha value is -14.9. The van der Waals surface area contributed by atoms with E-state index in [1.807, 2.05) is 30.3 Å². The Balaban J connectivity index is 0.000000160. The van der Waals surface area contributed by atoms with Gasteiger partial charge >= 0.3 is 0 Å². The van der Waals surface area contributed by atoms with Crippen molar-refractivity contribution >= 4 is 137 Å². The molecule has 558 valence electrons. The van der Waals surface area contributed by atoms with Crippen LogP contribution in [0, 0.1) is 0 Å². The summed E-state index contributed by atoms with van der Waals surface area (Å²) in [5.74, 6) is 0. The molecule has 0 radical (unpaired) electrons. The molecular weight excluding hydrogens is 1440 g/mol. The first kappa shape index (κ1) is 73.6. The number of hydrogen-bond donors (Lipinski definition) is 0. The van der Waals surface area contributed by atoms with Crippen LogP contribution in [0.25, 0.3) is 44.5 Å². The molecule has 0 aromatic heterocycles. The lowest BCUT2D eigenvalue weighted by Gasteiger charge is -2.44. The molecule has 2 aliphatic heterocycles. The average molecular weight is 1520 g/mol. The molecule has 8 heteroatoms. The number of para-hydroxylation sites is 6. The number of benzene rings is 18. The summed E-state index contributed by atoms with van der Waals surface area (Å²) in [6, 6.07) is 168. The van der Waals surface area contributed by atoms with E-state index in [0.29, 0.717) is 5.02 Å². The molecule has 0 saturated heterocycles. The quantitative estimate of drug-likeness (QED) is 0.0792. The number of anilines is 18. The number of hydrogen-bond acceptors (Lipinski definition) is 6. The van der Waals surface area contributed by atoms with Gasteiger partial charge in [-0.15, -0.1) is 0 Å². The van der Waals surface area contributed by atoms with Crippen LogP contribution in [0.2, 0.25) is 5.02 Å². The highest BCUT2D eigenvalue weighted by molar-refractivity contribution is 7.00. The first-order chi connectivity index (χ1) is 57.5. The van der Waals surface area contributed by atoms with Crippen molar-refractivity contribution in [2.24, 2.45) is 0 Å². The van der Waals surface area contributed by atoms with Gasteiger partial charge in [-0.25, -0.2) is 0 Å². The van der Waals surface area contributed by atoms with Crippen molar-refractivity contribution in [2.75, 3.05) is 29.4 Å². The van der Waals surface area contributed by atoms with Gasteiger partial charge in [0.15, 0.2) is 0 Å². The number of fused-ring (bicyclic) bond motifs is 4. The van der Waals surface area contributed by atoms with E-state index >= 15 is 0 Å². The molecule has 0 spiro atoms. The van der Waals surface area contributed by atoms with Crippen LogP contribution in [0.4, 0.5) is 102 Å². The average Bonchev–Trinajstić information content (AvgIpc) is 0.697. The predicted octanol–water partition coefficient (Wildman–Crippen LogP) is 29.3. The summed E-state index contributed by atoms with van der Waals surface area (Å²) in [6.45, 7) is -0.00406. The molecule has 0 atom stereocenters. The number of nitrogens with zero attached hydrogens (tertiary/aromatic N) is 6. The van der Waals surface area contributed by atoms with Crippen LogP contribution < -0.4 is 45.8 Å². The van der Waals surface area contributed by atoms with E-state index in [2.05, 4.69) is 472 Å². The first-order valence-electron chi connectivity index (χ1n) is 39.4. The molecule has 2 heterocycles. The molecule has 0 aliphatic carbocycles. The van der Waals surface area contributed by atoms with E-state index in [4.69, 9.17) is 11.6 Å². The van der Waals surface area contributed by atoms with Gasteiger partial charge in [-0.3, -0.25) is 0 Å². The van der Waals surface area contributed by atoms with E-state index in [1.165, 1.54) is 72.5 Å². The summed E-state index contributed by atoms with van der Waals surface area (Å²) in [4.78, 5) is 14.1. The van der Waals surface area contributed by atoms with Crippen LogP contribution in [-0.4, -0.2) is 6.71 Å². The van der Waals surface area contributed by atoms with Gasteiger partial charge in [0.1, 0.15) is 0 Å². The second-order valence-electron chi connectivity index (χ2n) is 28.9. The zero-order valence-electron chi connectivity index (χ0n) is 63.7. The Morgan fingerprint density at radius 2 is 0.470 bits per heavy atom. The van der Waals surface area contributed by atoms with Crippen molar-refractivity contribution in [3.63, 3.8) is 0 Å².